The first-order valence-corrected chi connectivity index (χ1v) is 5.68. The topological polar surface area (TPSA) is 40.2 Å². The fraction of sp³-hybridized carbons (Fsp3) is 0.909. The molecule has 14 heavy (non-hydrogen) atoms. The minimum absolute atomic E-state index is 0.639. The summed E-state index contributed by atoms with van der Waals surface area (Å²) < 4.78 is 0. The van der Waals surface area contributed by atoms with Crippen molar-refractivity contribution in [1.82, 2.24) is 4.90 Å². The lowest BCUT2D eigenvalue weighted by Gasteiger charge is -2.17. The quantitative estimate of drug-likeness (QED) is 0.554. The number of hydrogen-bond acceptors (Lipinski definition) is 1. The molecule has 0 atom stereocenters. The summed E-state index contributed by atoms with van der Waals surface area (Å²) >= 11 is 0. The van der Waals surface area contributed by atoms with Gasteiger partial charge < -0.3 is 4.90 Å². The van der Waals surface area contributed by atoms with E-state index in [2.05, 4.69) is 13.8 Å². The third kappa shape index (κ3) is 6.75. The normalized spacial score (nSPS) is 10.1. The van der Waals surface area contributed by atoms with E-state index in [1.807, 2.05) is 0 Å². The Labute approximate surface area is 87.1 Å². The van der Waals surface area contributed by atoms with Crippen LogP contribution in [0.5, 0.6) is 0 Å². The molecule has 0 aromatic rings. The van der Waals surface area contributed by atoms with Gasteiger partial charge in [0.15, 0.2) is 0 Å². The van der Waals surface area contributed by atoms with Gasteiger partial charge in [0.25, 0.3) is 0 Å². The second-order valence-corrected chi connectivity index (χ2v) is 3.67. The lowest BCUT2D eigenvalue weighted by atomic mass is 10.2. The molecular formula is C11H22NO2. The zero-order valence-electron chi connectivity index (χ0n) is 9.42. The van der Waals surface area contributed by atoms with Crippen molar-refractivity contribution in [2.75, 3.05) is 13.1 Å². The summed E-state index contributed by atoms with van der Waals surface area (Å²) in [4.78, 5) is 12.1. The number of rotatable bonds is 8. The van der Waals surface area contributed by atoms with Gasteiger partial charge in [0, 0.05) is 13.1 Å². The fourth-order valence-electron chi connectivity index (χ4n) is 1.40. The number of amides is 1. The summed E-state index contributed by atoms with van der Waals surface area (Å²) in [5.41, 5.74) is 0. The first-order valence-electron chi connectivity index (χ1n) is 5.68. The molecule has 0 aliphatic rings. The number of unbranched alkanes of at least 4 members (excludes halogenated alkanes) is 4. The van der Waals surface area contributed by atoms with Gasteiger partial charge in [-0.3, -0.25) is 0 Å². The molecule has 0 saturated heterocycles. The van der Waals surface area contributed by atoms with Crippen LogP contribution in [-0.4, -0.2) is 24.1 Å². The average molecular weight is 200 g/mol. The van der Waals surface area contributed by atoms with Crippen LogP contribution in [0.15, 0.2) is 0 Å². The Morgan fingerprint density at radius 2 is 1.36 bits per heavy atom. The summed E-state index contributed by atoms with van der Waals surface area (Å²) in [6, 6.07) is 0. The van der Waals surface area contributed by atoms with Gasteiger partial charge in [-0.05, 0) is 12.8 Å². The second kappa shape index (κ2) is 8.85. The van der Waals surface area contributed by atoms with E-state index in [9.17, 15) is 9.90 Å². The second-order valence-electron chi connectivity index (χ2n) is 3.67. The Bertz CT molecular complexity index is 138. The van der Waals surface area contributed by atoms with Gasteiger partial charge in [-0.25, -0.2) is 9.90 Å². The Balaban J connectivity index is 3.61. The maximum absolute atomic E-state index is 10.7. The fourth-order valence-corrected chi connectivity index (χ4v) is 1.40. The third-order valence-electron chi connectivity index (χ3n) is 2.32. The molecule has 3 nitrogen and oxygen atoms in total. The highest BCUT2D eigenvalue weighted by molar-refractivity contribution is 5.64. The number of nitrogens with zero attached hydrogens (tertiary/aromatic N) is 1. The monoisotopic (exact) mass is 200 g/mol. The van der Waals surface area contributed by atoms with Crippen LogP contribution >= 0.6 is 0 Å². The van der Waals surface area contributed by atoms with Crippen LogP contribution in [0.3, 0.4) is 0 Å². The molecule has 0 aromatic carbocycles. The maximum Gasteiger partial charge on any atom is 0.453 e. The van der Waals surface area contributed by atoms with Crippen LogP contribution in [0.1, 0.15) is 52.4 Å². The van der Waals surface area contributed by atoms with Gasteiger partial charge in [-0.1, -0.05) is 39.5 Å². The molecule has 1 amide bonds. The van der Waals surface area contributed by atoms with Crippen molar-refractivity contribution in [2.24, 2.45) is 0 Å². The summed E-state index contributed by atoms with van der Waals surface area (Å²) in [7, 11) is 0. The number of carbonyl (C=O) groups excluding carboxylic acids is 1. The van der Waals surface area contributed by atoms with E-state index in [4.69, 9.17) is 0 Å². The van der Waals surface area contributed by atoms with Gasteiger partial charge >= 0.3 is 6.09 Å². The SMILES string of the molecule is CCCCCN(CCCCC)C([O])=O. The van der Waals surface area contributed by atoms with Crippen LogP contribution in [0.4, 0.5) is 4.79 Å². The van der Waals surface area contributed by atoms with Gasteiger partial charge in [0.1, 0.15) is 0 Å². The molecular weight excluding hydrogens is 178 g/mol. The van der Waals surface area contributed by atoms with E-state index in [1.165, 1.54) is 4.90 Å². The van der Waals surface area contributed by atoms with E-state index < -0.39 is 6.09 Å². The average Bonchev–Trinajstić information content (AvgIpc) is 2.15. The number of hydrogen-bond donors (Lipinski definition) is 0. The highest BCUT2D eigenvalue weighted by Gasteiger charge is 2.11. The van der Waals surface area contributed by atoms with Crippen LogP contribution in [0, 0.1) is 0 Å². The van der Waals surface area contributed by atoms with Crippen LogP contribution in [-0.2, 0) is 5.11 Å². The molecule has 0 unspecified atom stereocenters. The lowest BCUT2D eigenvalue weighted by Crippen LogP contribution is -2.30. The van der Waals surface area contributed by atoms with E-state index >= 15 is 0 Å². The summed E-state index contributed by atoms with van der Waals surface area (Å²) in [5, 5.41) is 10.7. The molecule has 0 fully saturated rings. The maximum atomic E-state index is 10.7. The van der Waals surface area contributed by atoms with Gasteiger partial charge in [-0.15, -0.1) is 0 Å². The van der Waals surface area contributed by atoms with E-state index in [0.717, 1.165) is 38.5 Å². The third-order valence-corrected chi connectivity index (χ3v) is 2.32. The lowest BCUT2D eigenvalue weighted by molar-refractivity contribution is 0.118. The zero-order valence-corrected chi connectivity index (χ0v) is 9.42. The van der Waals surface area contributed by atoms with Gasteiger partial charge in [-0.2, -0.15) is 0 Å². The largest absolute Gasteiger partial charge is 0.453 e. The summed E-state index contributed by atoms with van der Waals surface area (Å²) in [6.45, 7) is 5.50. The molecule has 0 aliphatic carbocycles. The smallest absolute Gasteiger partial charge is 0.305 e. The van der Waals surface area contributed by atoms with Gasteiger partial charge in [0.05, 0.1) is 0 Å². The van der Waals surface area contributed by atoms with Crippen molar-refractivity contribution in [3.05, 3.63) is 0 Å². The summed E-state index contributed by atoms with van der Waals surface area (Å²) in [6.07, 6.45) is 5.32. The van der Waals surface area contributed by atoms with Crippen molar-refractivity contribution in [1.29, 1.82) is 0 Å². The van der Waals surface area contributed by atoms with Crippen LogP contribution in [0.25, 0.3) is 0 Å². The molecule has 0 N–H and O–H groups in total. The molecule has 0 saturated carbocycles. The number of carbonyl (C=O) groups is 1. The first-order chi connectivity index (χ1) is 6.72. The Morgan fingerprint density at radius 1 is 0.929 bits per heavy atom. The molecule has 0 bridgehead atoms. The molecule has 0 heterocycles. The van der Waals surface area contributed by atoms with E-state index in [0.29, 0.717) is 13.1 Å². The van der Waals surface area contributed by atoms with Crippen molar-refractivity contribution in [2.45, 2.75) is 52.4 Å². The van der Waals surface area contributed by atoms with Gasteiger partial charge in [0.2, 0.25) is 0 Å². The Morgan fingerprint density at radius 3 is 1.64 bits per heavy atom. The van der Waals surface area contributed by atoms with Crippen molar-refractivity contribution in [3.63, 3.8) is 0 Å². The van der Waals surface area contributed by atoms with Crippen LogP contribution < -0.4 is 0 Å². The Hall–Kier alpha value is -0.730. The molecule has 0 aliphatic heterocycles. The predicted molar refractivity (Wildman–Crippen MR) is 56.7 cm³/mol. The predicted octanol–water partition coefficient (Wildman–Crippen LogP) is 3.22. The Kier molecular flexibility index (Phi) is 8.39. The standard InChI is InChI=1S/C11H22NO2/c1-3-5-7-9-12(11(13)14)10-8-6-4-2/h3-10H2,1-2H3. The van der Waals surface area contributed by atoms with Crippen LogP contribution in [0.2, 0.25) is 0 Å². The van der Waals surface area contributed by atoms with Crippen molar-refractivity contribution < 1.29 is 9.90 Å². The zero-order chi connectivity index (χ0) is 10.8. The van der Waals surface area contributed by atoms with Crippen molar-refractivity contribution in [3.8, 4) is 0 Å². The minimum atomic E-state index is -1.02. The van der Waals surface area contributed by atoms with E-state index in [-0.39, 0.29) is 0 Å². The molecule has 0 aromatic heterocycles. The highest BCUT2D eigenvalue weighted by Crippen LogP contribution is 2.02. The molecule has 1 radical (unpaired) electrons. The summed E-state index contributed by atoms with van der Waals surface area (Å²) in [5.74, 6) is 0. The van der Waals surface area contributed by atoms with Crippen molar-refractivity contribution >= 4 is 6.09 Å². The first kappa shape index (κ1) is 13.3. The highest BCUT2D eigenvalue weighted by atomic mass is 16.4. The molecule has 3 heteroatoms. The minimum Gasteiger partial charge on any atom is -0.305 e. The molecule has 0 spiro atoms. The molecule has 0 rings (SSSR count). The molecule has 83 valence electrons. The van der Waals surface area contributed by atoms with E-state index in [1.54, 1.807) is 0 Å².